The third-order valence-corrected chi connectivity index (χ3v) is 7.82. The van der Waals surface area contributed by atoms with Gasteiger partial charge in [-0.15, -0.1) is 0 Å². The molecule has 0 spiro atoms. The van der Waals surface area contributed by atoms with Crippen LogP contribution in [-0.2, 0) is 13.0 Å². The van der Waals surface area contributed by atoms with Crippen molar-refractivity contribution in [1.82, 2.24) is 24.4 Å². The minimum absolute atomic E-state index is 0.185. The van der Waals surface area contributed by atoms with Gasteiger partial charge in [-0.2, -0.15) is 0 Å². The number of nitrogens with one attached hydrogen (secondary N) is 1. The fraction of sp³-hybridized carbons (Fsp3) is 0.344. The Morgan fingerprint density at radius 3 is 2.27 bits per heavy atom. The van der Waals surface area contributed by atoms with Crippen molar-refractivity contribution in [2.75, 3.05) is 41.0 Å². The van der Waals surface area contributed by atoms with Crippen LogP contribution in [0.5, 0.6) is 17.2 Å². The molecule has 1 N–H and O–H groups in total. The molecule has 9 heteroatoms. The largest absolute Gasteiger partial charge is 0.493 e. The molecule has 1 aliphatic heterocycles. The lowest BCUT2D eigenvalue weighted by molar-refractivity contribution is 0.324. The lowest BCUT2D eigenvalue weighted by Gasteiger charge is -2.17. The molecule has 0 aliphatic carbocycles. The quantitative estimate of drug-likeness (QED) is 0.259. The van der Waals surface area contributed by atoms with Gasteiger partial charge in [-0.3, -0.25) is 4.79 Å². The number of imidazole rings is 1. The highest BCUT2D eigenvalue weighted by atomic mass is 16.5. The first-order valence-electron chi connectivity index (χ1n) is 14.1. The van der Waals surface area contributed by atoms with Crippen LogP contribution in [-0.4, -0.2) is 65.4 Å². The van der Waals surface area contributed by atoms with Gasteiger partial charge in [0, 0.05) is 18.5 Å². The minimum atomic E-state index is -0.185. The van der Waals surface area contributed by atoms with E-state index in [1.165, 1.54) is 12.8 Å². The fourth-order valence-corrected chi connectivity index (χ4v) is 5.77. The summed E-state index contributed by atoms with van der Waals surface area (Å²) < 4.78 is 19.1. The number of likely N-dealkylation sites (tertiary alicyclic amines) is 1. The molecule has 212 valence electrons. The summed E-state index contributed by atoms with van der Waals surface area (Å²) in [6.45, 7) is 4.15. The normalized spacial score (nSPS) is 13.7. The molecule has 3 heterocycles. The van der Waals surface area contributed by atoms with E-state index in [2.05, 4.69) is 14.5 Å². The Balaban J connectivity index is 1.47. The zero-order chi connectivity index (χ0) is 28.3. The van der Waals surface area contributed by atoms with Gasteiger partial charge in [0.05, 0.1) is 43.4 Å². The van der Waals surface area contributed by atoms with Gasteiger partial charge >= 0.3 is 0 Å². The zero-order valence-electron chi connectivity index (χ0n) is 23.8. The number of fused-ring (bicyclic) bond motifs is 2. The second kappa shape index (κ2) is 11.6. The van der Waals surface area contributed by atoms with Gasteiger partial charge in [0.15, 0.2) is 11.5 Å². The van der Waals surface area contributed by atoms with E-state index < -0.39 is 0 Å². The summed E-state index contributed by atoms with van der Waals surface area (Å²) in [5.74, 6) is 2.47. The maximum Gasteiger partial charge on any atom is 0.270 e. The van der Waals surface area contributed by atoms with E-state index in [0.29, 0.717) is 34.9 Å². The average Bonchev–Trinajstić information content (AvgIpc) is 3.64. The molecule has 1 saturated heterocycles. The number of nitrogens with zero attached hydrogens (tertiary/aromatic N) is 4. The molecule has 0 amide bonds. The Bertz CT molecular complexity index is 1710. The van der Waals surface area contributed by atoms with E-state index in [4.69, 9.17) is 24.2 Å². The van der Waals surface area contributed by atoms with E-state index in [1.807, 2.05) is 54.6 Å². The number of H-pyrrole nitrogens is 1. The zero-order valence-corrected chi connectivity index (χ0v) is 23.8. The molecule has 0 saturated carbocycles. The monoisotopic (exact) mass is 553 g/mol. The number of aromatic amines is 1. The molecule has 0 atom stereocenters. The summed E-state index contributed by atoms with van der Waals surface area (Å²) in [7, 11) is 4.82. The number of aryl methyl sites for hydroxylation is 1. The molecule has 3 aromatic carbocycles. The van der Waals surface area contributed by atoms with Crippen molar-refractivity contribution in [2.24, 2.45) is 0 Å². The first-order valence-corrected chi connectivity index (χ1v) is 14.1. The lowest BCUT2D eigenvalue weighted by atomic mass is 10.1. The molecule has 1 fully saturated rings. The second-order valence-electron chi connectivity index (χ2n) is 10.4. The Labute approximate surface area is 238 Å². The van der Waals surface area contributed by atoms with Crippen molar-refractivity contribution < 1.29 is 14.2 Å². The van der Waals surface area contributed by atoms with Gasteiger partial charge in [0.2, 0.25) is 5.75 Å². The lowest BCUT2D eigenvalue weighted by Crippen LogP contribution is -2.21. The standard InChI is InChI=1S/C32H35N5O4/c1-39-28-17-22(18-29(40-2)30(28)41-3)31-34-25-19-23-24(20-27(25)37(31)15-9-14-36-12-7-8-13-36)33-26(32(38)35-23)16-21-10-5-4-6-11-21/h4-6,10-11,17-20H,7-9,12-16H2,1-3H3,(H,35,38). The first kappa shape index (κ1) is 26.8. The van der Waals surface area contributed by atoms with Gasteiger partial charge in [-0.1, -0.05) is 30.3 Å². The molecule has 1 aliphatic rings. The summed E-state index contributed by atoms with van der Waals surface area (Å²) in [6.07, 6.45) is 3.99. The third-order valence-electron chi connectivity index (χ3n) is 7.82. The number of hydrogen-bond acceptors (Lipinski definition) is 7. The van der Waals surface area contributed by atoms with Crippen molar-refractivity contribution in [3.63, 3.8) is 0 Å². The van der Waals surface area contributed by atoms with Crippen LogP contribution in [0.2, 0.25) is 0 Å². The number of rotatable bonds is 10. The van der Waals surface area contributed by atoms with Crippen LogP contribution in [0.25, 0.3) is 33.5 Å². The SMILES string of the molecule is COc1cc(-c2nc3cc4[nH]c(=O)c(Cc5ccccc5)nc4cc3n2CCCN2CCCC2)cc(OC)c1OC. The predicted molar refractivity (Wildman–Crippen MR) is 160 cm³/mol. The molecule has 41 heavy (non-hydrogen) atoms. The molecular formula is C32H35N5O4. The Kier molecular flexibility index (Phi) is 7.61. The van der Waals surface area contributed by atoms with E-state index >= 15 is 0 Å². The predicted octanol–water partition coefficient (Wildman–Crippen LogP) is 5.04. The maximum absolute atomic E-state index is 12.9. The van der Waals surface area contributed by atoms with Gasteiger partial charge in [0.1, 0.15) is 11.5 Å². The van der Waals surface area contributed by atoms with E-state index in [1.54, 1.807) is 21.3 Å². The molecule has 0 unspecified atom stereocenters. The smallest absolute Gasteiger partial charge is 0.270 e. The number of ether oxygens (including phenoxy) is 3. The van der Waals surface area contributed by atoms with Crippen LogP contribution in [0.4, 0.5) is 0 Å². The third kappa shape index (κ3) is 5.37. The Morgan fingerprint density at radius 2 is 1.59 bits per heavy atom. The highest BCUT2D eigenvalue weighted by Gasteiger charge is 2.20. The van der Waals surface area contributed by atoms with Crippen molar-refractivity contribution in [3.8, 4) is 28.6 Å². The summed E-state index contributed by atoms with van der Waals surface area (Å²) in [5, 5.41) is 0. The molecule has 2 aromatic heterocycles. The van der Waals surface area contributed by atoms with Crippen LogP contribution in [0.15, 0.2) is 59.4 Å². The molecule has 5 aromatic rings. The molecule has 0 bridgehead atoms. The second-order valence-corrected chi connectivity index (χ2v) is 10.4. The average molecular weight is 554 g/mol. The summed E-state index contributed by atoms with van der Waals surface area (Å²) >= 11 is 0. The molecule has 0 radical (unpaired) electrons. The molecule has 9 nitrogen and oxygen atoms in total. The van der Waals surface area contributed by atoms with Crippen LogP contribution in [0, 0.1) is 0 Å². The van der Waals surface area contributed by atoms with Crippen molar-refractivity contribution in [1.29, 1.82) is 0 Å². The maximum atomic E-state index is 12.9. The highest BCUT2D eigenvalue weighted by molar-refractivity contribution is 5.93. The van der Waals surface area contributed by atoms with Gasteiger partial charge in [-0.25, -0.2) is 9.97 Å². The van der Waals surface area contributed by atoms with Gasteiger partial charge in [0.25, 0.3) is 5.56 Å². The number of benzene rings is 3. The van der Waals surface area contributed by atoms with E-state index in [9.17, 15) is 4.79 Å². The molecular weight excluding hydrogens is 518 g/mol. The summed E-state index contributed by atoms with van der Waals surface area (Å²) in [6, 6.07) is 17.7. The molecule has 6 rings (SSSR count). The van der Waals surface area contributed by atoms with Crippen molar-refractivity contribution >= 4 is 22.1 Å². The fourth-order valence-electron chi connectivity index (χ4n) is 5.77. The highest BCUT2D eigenvalue weighted by Crippen LogP contribution is 2.41. The van der Waals surface area contributed by atoms with Crippen molar-refractivity contribution in [3.05, 3.63) is 76.2 Å². The van der Waals surface area contributed by atoms with Crippen LogP contribution >= 0.6 is 0 Å². The number of aromatic nitrogens is 4. The van der Waals surface area contributed by atoms with Gasteiger partial charge in [-0.05, 0) is 68.7 Å². The number of hydrogen-bond donors (Lipinski definition) is 1. The van der Waals surface area contributed by atoms with Crippen LogP contribution in [0.3, 0.4) is 0 Å². The minimum Gasteiger partial charge on any atom is -0.493 e. The Morgan fingerprint density at radius 1 is 0.854 bits per heavy atom. The number of methoxy groups -OCH3 is 3. The van der Waals surface area contributed by atoms with Crippen LogP contribution in [0.1, 0.15) is 30.5 Å². The van der Waals surface area contributed by atoms with Crippen molar-refractivity contribution in [2.45, 2.75) is 32.2 Å². The van der Waals surface area contributed by atoms with E-state index in [0.717, 1.165) is 66.1 Å². The Hall–Kier alpha value is -4.37. The van der Waals surface area contributed by atoms with Crippen LogP contribution < -0.4 is 19.8 Å². The summed E-state index contributed by atoms with van der Waals surface area (Å²) in [5.41, 5.74) is 5.36. The van der Waals surface area contributed by atoms with Gasteiger partial charge < -0.3 is 28.7 Å². The van der Waals surface area contributed by atoms with E-state index in [-0.39, 0.29) is 5.56 Å². The summed E-state index contributed by atoms with van der Waals surface area (Å²) in [4.78, 5) is 28.4. The topological polar surface area (TPSA) is 94.5 Å². The first-order chi connectivity index (χ1) is 20.1.